The Morgan fingerprint density at radius 1 is 1.21 bits per heavy atom. The molecule has 0 aromatic heterocycles. The lowest BCUT2D eigenvalue weighted by Gasteiger charge is -2.07. The molecule has 0 spiro atoms. The van der Waals surface area contributed by atoms with Gasteiger partial charge in [-0.2, -0.15) is 11.8 Å². The van der Waals surface area contributed by atoms with Crippen LogP contribution in [0.2, 0.25) is 0 Å². The molecule has 0 amide bonds. The van der Waals surface area contributed by atoms with Gasteiger partial charge in [-0.15, -0.1) is 0 Å². The summed E-state index contributed by atoms with van der Waals surface area (Å²) in [5, 5.41) is 3.37. The van der Waals surface area contributed by atoms with Crippen LogP contribution in [-0.2, 0) is 4.74 Å². The second kappa shape index (κ2) is 11.3. The van der Waals surface area contributed by atoms with E-state index in [4.69, 9.17) is 4.74 Å². The van der Waals surface area contributed by atoms with E-state index in [2.05, 4.69) is 26.1 Å². The first-order valence-electron chi connectivity index (χ1n) is 5.66. The van der Waals surface area contributed by atoms with Crippen molar-refractivity contribution < 1.29 is 4.74 Å². The average Bonchev–Trinajstić information content (AvgIpc) is 2.15. The van der Waals surface area contributed by atoms with Crippen molar-refractivity contribution in [2.45, 2.75) is 39.7 Å². The quantitative estimate of drug-likeness (QED) is 0.571. The highest BCUT2D eigenvalue weighted by Gasteiger charge is 1.92. The fourth-order valence-electron chi connectivity index (χ4n) is 1.07. The minimum atomic E-state index is 0.593. The van der Waals surface area contributed by atoms with Crippen LogP contribution in [0.1, 0.15) is 33.6 Å². The van der Waals surface area contributed by atoms with Gasteiger partial charge in [0, 0.05) is 19.3 Å². The number of ether oxygens (including phenoxy) is 1. The zero-order valence-corrected chi connectivity index (χ0v) is 10.7. The number of rotatable bonds is 10. The second-order valence-electron chi connectivity index (χ2n) is 3.63. The Hall–Kier alpha value is 0.270. The maximum Gasteiger partial charge on any atom is 0.0478 e. The smallest absolute Gasteiger partial charge is 0.0478 e. The zero-order chi connectivity index (χ0) is 10.6. The normalized spacial score (nSPS) is 11.1. The standard InChI is InChI=1S/C11H25NOS/c1-4-14-10-6-9-13-8-5-7-12-11(2)3/h11-12H,4-10H2,1-3H3. The van der Waals surface area contributed by atoms with Crippen LogP contribution in [0.5, 0.6) is 0 Å². The molecule has 0 aromatic carbocycles. The molecule has 0 bridgehead atoms. The van der Waals surface area contributed by atoms with Gasteiger partial charge in [-0.1, -0.05) is 20.8 Å². The Balaban J connectivity index is 2.85. The highest BCUT2D eigenvalue weighted by molar-refractivity contribution is 7.99. The molecule has 0 unspecified atom stereocenters. The van der Waals surface area contributed by atoms with Gasteiger partial charge in [0.25, 0.3) is 0 Å². The van der Waals surface area contributed by atoms with E-state index >= 15 is 0 Å². The van der Waals surface area contributed by atoms with E-state index in [0.717, 1.165) is 26.2 Å². The molecule has 2 nitrogen and oxygen atoms in total. The first kappa shape index (κ1) is 14.3. The number of thioether (sulfide) groups is 1. The minimum absolute atomic E-state index is 0.593. The predicted molar refractivity (Wildman–Crippen MR) is 66.2 cm³/mol. The Morgan fingerprint density at radius 3 is 2.57 bits per heavy atom. The SMILES string of the molecule is CCSCCCOCCCNC(C)C. The molecule has 0 saturated heterocycles. The molecule has 0 rings (SSSR count). The molecule has 0 fully saturated rings. The van der Waals surface area contributed by atoms with Gasteiger partial charge >= 0.3 is 0 Å². The van der Waals surface area contributed by atoms with E-state index < -0.39 is 0 Å². The summed E-state index contributed by atoms with van der Waals surface area (Å²) in [4.78, 5) is 0. The fourth-order valence-corrected chi connectivity index (χ4v) is 1.69. The molecular formula is C11H25NOS. The summed E-state index contributed by atoms with van der Waals surface area (Å²) in [5.74, 6) is 2.46. The lowest BCUT2D eigenvalue weighted by molar-refractivity contribution is 0.132. The molecule has 0 heterocycles. The summed E-state index contributed by atoms with van der Waals surface area (Å²) in [7, 11) is 0. The third-order valence-corrected chi connectivity index (χ3v) is 2.79. The van der Waals surface area contributed by atoms with Gasteiger partial charge in [0.05, 0.1) is 0 Å². The Kier molecular flexibility index (Phi) is 11.6. The summed E-state index contributed by atoms with van der Waals surface area (Å²) in [6.07, 6.45) is 2.31. The van der Waals surface area contributed by atoms with Gasteiger partial charge in [0.2, 0.25) is 0 Å². The molecule has 86 valence electrons. The molecule has 0 saturated carbocycles. The number of nitrogens with one attached hydrogen (secondary N) is 1. The van der Waals surface area contributed by atoms with Crippen molar-refractivity contribution in [3.63, 3.8) is 0 Å². The van der Waals surface area contributed by atoms with Crippen molar-refractivity contribution in [3.8, 4) is 0 Å². The first-order valence-corrected chi connectivity index (χ1v) is 6.81. The molecule has 0 aliphatic heterocycles. The maximum absolute atomic E-state index is 5.51. The van der Waals surface area contributed by atoms with Crippen LogP contribution in [0, 0.1) is 0 Å². The summed E-state index contributed by atoms with van der Waals surface area (Å²) >= 11 is 1.99. The highest BCUT2D eigenvalue weighted by atomic mass is 32.2. The second-order valence-corrected chi connectivity index (χ2v) is 5.02. The van der Waals surface area contributed by atoms with E-state index in [1.54, 1.807) is 0 Å². The van der Waals surface area contributed by atoms with Gasteiger partial charge in [-0.05, 0) is 30.9 Å². The lowest BCUT2D eigenvalue weighted by Crippen LogP contribution is -2.24. The van der Waals surface area contributed by atoms with E-state index in [1.807, 2.05) is 11.8 Å². The molecule has 0 atom stereocenters. The summed E-state index contributed by atoms with van der Waals surface area (Å²) in [6, 6.07) is 0.593. The number of hydrogen-bond donors (Lipinski definition) is 1. The molecule has 0 aromatic rings. The van der Waals surface area contributed by atoms with Crippen LogP contribution in [-0.4, -0.2) is 37.3 Å². The van der Waals surface area contributed by atoms with Crippen LogP contribution in [0.15, 0.2) is 0 Å². The third-order valence-electron chi connectivity index (χ3n) is 1.80. The molecular weight excluding hydrogens is 194 g/mol. The van der Waals surface area contributed by atoms with E-state index in [-0.39, 0.29) is 0 Å². The zero-order valence-electron chi connectivity index (χ0n) is 9.84. The van der Waals surface area contributed by atoms with Gasteiger partial charge in [0.15, 0.2) is 0 Å². The largest absolute Gasteiger partial charge is 0.381 e. The predicted octanol–water partition coefficient (Wildman–Crippen LogP) is 2.53. The van der Waals surface area contributed by atoms with Gasteiger partial charge < -0.3 is 10.1 Å². The van der Waals surface area contributed by atoms with E-state index in [1.165, 1.54) is 17.9 Å². The summed E-state index contributed by atoms with van der Waals surface area (Å²) in [5.41, 5.74) is 0. The van der Waals surface area contributed by atoms with Crippen LogP contribution < -0.4 is 5.32 Å². The van der Waals surface area contributed by atoms with Crippen LogP contribution in [0.4, 0.5) is 0 Å². The van der Waals surface area contributed by atoms with Gasteiger partial charge in [0.1, 0.15) is 0 Å². The molecule has 1 N–H and O–H groups in total. The van der Waals surface area contributed by atoms with Crippen LogP contribution >= 0.6 is 11.8 Å². The highest BCUT2D eigenvalue weighted by Crippen LogP contribution is 2.00. The van der Waals surface area contributed by atoms with E-state index in [0.29, 0.717) is 6.04 Å². The fraction of sp³-hybridized carbons (Fsp3) is 1.00. The summed E-state index contributed by atoms with van der Waals surface area (Å²) in [6.45, 7) is 9.43. The van der Waals surface area contributed by atoms with Crippen LogP contribution in [0.25, 0.3) is 0 Å². The van der Waals surface area contributed by atoms with Crippen LogP contribution in [0.3, 0.4) is 0 Å². The maximum atomic E-state index is 5.51. The average molecular weight is 219 g/mol. The molecule has 0 aliphatic carbocycles. The van der Waals surface area contributed by atoms with Crippen molar-refractivity contribution >= 4 is 11.8 Å². The monoisotopic (exact) mass is 219 g/mol. The van der Waals surface area contributed by atoms with Gasteiger partial charge in [-0.25, -0.2) is 0 Å². The third kappa shape index (κ3) is 12.3. The van der Waals surface area contributed by atoms with Crippen molar-refractivity contribution in [3.05, 3.63) is 0 Å². The Labute approximate surface area is 93.2 Å². The Morgan fingerprint density at radius 2 is 1.93 bits per heavy atom. The van der Waals surface area contributed by atoms with Crippen molar-refractivity contribution in [1.82, 2.24) is 5.32 Å². The number of hydrogen-bond acceptors (Lipinski definition) is 3. The minimum Gasteiger partial charge on any atom is -0.381 e. The molecule has 0 aliphatic rings. The molecule has 14 heavy (non-hydrogen) atoms. The molecule has 3 heteroatoms. The molecule has 0 radical (unpaired) electrons. The van der Waals surface area contributed by atoms with Crippen molar-refractivity contribution in [1.29, 1.82) is 0 Å². The van der Waals surface area contributed by atoms with Crippen molar-refractivity contribution in [2.75, 3.05) is 31.3 Å². The van der Waals surface area contributed by atoms with Crippen molar-refractivity contribution in [2.24, 2.45) is 0 Å². The lowest BCUT2D eigenvalue weighted by atomic mass is 10.3. The topological polar surface area (TPSA) is 21.3 Å². The van der Waals surface area contributed by atoms with Gasteiger partial charge in [-0.3, -0.25) is 0 Å². The first-order chi connectivity index (χ1) is 6.77. The van der Waals surface area contributed by atoms with E-state index in [9.17, 15) is 0 Å². The Bertz CT molecular complexity index is 109. The summed E-state index contributed by atoms with van der Waals surface area (Å²) < 4.78 is 5.51.